The molecule has 0 spiro atoms. The number of fused-ring (bicyclic) bond motifs is 9. The molecule has 3 nitrogen and oxygen atoms in total. The van der Waals surface area contributed by atoms with Gasteiger partial charge < -0.3 is 9.84 Å². The van der Waals surface area contributed by atoms with Crippen LogP contribution >= 0.6 is 0 Å². The van der Waals surface area contributed by atoms with Crippen LogP contribution in [0.5, 0.6) is 0 Å². The van der Waals surface area contributed by atoms with Gasteiger partial charge in [0, 0.05) is 5.57 Å². The lowest BCUT2D eigenvalue weighted by molar-refractivity contribution is -0.260. The van der Waals surface area contributed by atoms with E-state index in [4.69, 9.17) is 4.74 Å². The number of alkyl halides is 3. The molecule has 4 fully saturated rings. The monoisotopic (exact) mass is 372 g/mol. The molecule has 9 atom stereocenters. The van der Waals surface area contributed by atoms with Crippen molar-refractivity contribution in [2.45, 2.75) is 63.8 Å². The predicted molar refractivity (Wildman–Crippen MR) is 88.9 cm³/mol. The van der Waals surface area contributed by atoms with E-state index in [2.05, 4.69) is 6.58 Å². The highest BCUT2D eigenvalue weighted by Gasteiger charge is 2.66. The molecular weight excluding hydrogens is 345 g/mol. The molecule has 26 heavy (non-hydrogen) atoms. The number of halogens is 3. The second-order valence-corrected chi connectivity index (χ2v) is 9.41. The summed E-state index contributed by atoms with van der Waals surface area (Å²) in [7, 11) is 0. The summed E-state index contributed by atoms with van der Waals surface area (Å²) in [6.45, 7) is 6.19. The van der Waals surface area contributed by atoms with Crippen molar-refractivity contribution in [2.75, 3.05) is 0 Å². The van der Waals surface area contributed by atoms with Gasteiger partial charge in [-0.05, 0) is 87.4 Å². The standard InChI is InChI=1S/C20H27F3O3/c1-9(2)18(24)26-15-7-11-6-14(15)17-10-4-12(13(5-10)16(11)17)8-19(3,25)20(21,22)23/h10-17,25H,1,4-8H2,2-3H3. The third kappa shape index (κ3) is 2.62. The van der Waals surface area contributed by atoms with Crippen molar-refractivity contribution in [3.05, 3.63) is 12.2 Å². The van der Waals surface area contributed by atoms with Gasteiger partial charge in [-0.1, -0.05) is 6.58 Å². The molecule has 9 unspecified atom stereocenters. The minimum absolute atomic E-state index is 0.0476. The Balaban J connectivity index is 1.45. The fraction of sp³-hybridized carbons (Fsp3) is 0.850. The van der Waals surface area contributed by atoms with E-state index >= 15 is 0 Å². The fourth-order valence-corrected chi connectivity index (χ4v) is 6.91. The molecule has 0 aliphatic heterocycles. The summed E-state index contributed by atoms with van der Waals surface area (Å²) in [5.74, 6) is 2.05. The number of hydrogen-bond acceptors (Lipinski definition) is 3. The predicted octanol–water partition coefficient (Wildman–Crippen LogP) is 4.11. The van der Waals surface area contributed by atoms with Gasteiger partial charge in [0.15, 0.2) is 5.60 Å². The van der Waals surface area contributed by atoms with Crippen LogP contribution < -0.4 is 0 Å². The number of aliphatic hydroxyl groups is 1. The number of carbonyl (C=O) groups excluding carboxylic acids is 1. The Morgan fingerprint density at radius 2 is 1.69 bits per heavy atom. The van der Waals surface area contributed by atoms with E-state index in [0.29, 0.717) is 35.2 Å². The van der Waals surface area contributed by atoms with Crippen LogP contribution in [0.25, 0.3) is 0 Å². The van der Waals surface area contributed by atoms with Crippen molar-refractivity contribution in [3.8, 4) is 0 Å². The Bertz CT molecular complexity index is 626. The Morgan fingerprint density at radius 3 is 2.31 bits per heavy atom. The summed E-state index contributed by atoms with van der Waals surface area (Å²) in [5.41, 5.74) is -2.19. The highest BCUT2D eigenvalue weighted by Crippen LogP contribution is 2.70. The van der Waals surface area contributed by atoms with E-state index < -0.39 is 11.8 Å². The smallest absolute Gasteiger partial charge is 0.416 e. The molecule has 6 heteroatoms. The zero-order chi connectivity index (χ0) is 19.0. The maximum absolute atomic E-state index is 13.1. The minimum atomic E-state index is -4.58. The Hall–Kier alpha value is -1.04. The van der Waals surface area contributed by atoms with Crippen molar-refractivity contribution in [1.29, 1.82) is 0 Å². The van der Waals surface area contributed by atoms with Gasteiger partial charge in [0.05, 0.1) is 0 Å². The third-order valence-corrected chi connectivity index (χ3v) is 7.77. The number of carbonyl (C=O) groups is 1. The molecule has 4 aliphatic rings. The first-order valence-electron chi connectivity index (χ1n) is 9.65. The molecule has 0 radical (unpaired) electrons. The second-order valence-electron chi connectivity index (χ2n) is 9.41. The van der Waals surface area contributed by atoms with Crippen LogP contribution in [-0.2, 0) is 9.53 Å². The molecule has 4 aliphatic carbocycles. The van der Waals surface area contributed by atoms with Crippen molar-refractivity contribution in [1.82, 2.24) is 0 Å². The molecule has 0 saturated heterocycles. The van der Waals surface area contributed by atoms with Gasteiger partial charge in [-0.3, -0.25) is 0 Å². The molecule has 0 aromatic rings. The zero-order valence-electron chi connectivity index (χ0n) is 15.3. The second kappa shape index (κ2) is 5.73. The summed E-state index contributed by atoms with van der Waals surface area (Å²) in [4.78, 5) is 11.9. The van der Waals surface area contributed by atoms with E-state index in [9.17, 15) is 23.1 Å². The third-order valence-electron chi connectivity index (χ3n) is 7.77. The number of hydrogen-bond donors (Lipinski definition) is 1. The normalized spacial score (nSPS) is 45.5. The molecular formula is C20H27F3O3. The quantitative estimate of drug-likeness (QED) is 0.459. The first-order valence-corrected chi connectivity index (χ1v) is 9.65. The maximum Gasteiger partial charge on any atom is 0.416 e. The van der Waals surface area contributed by atoms with Crippen molar-refractivity contribution in [3.63, 3.8) is 0 Å². The number of esters is 1. The van der Waals surface area contributed by atoms with Crippen LogP contribution in [0.1, 0.15) is 46.0 Å². The molecule has 0 amide bonds. The van der Waals surface area contributed by atoms with Crippen LogP contribution in [0, 0.1) is 41.4 Å². The summed E-state index contributed by atoms with van der Waals surface area (Å²) in [6.07, 6.45) is -1.22. The van der Waals surface area contributed by atoms with Gasteiger partial charge in [0.1, 0.15) is 6.10 Å². The molecule has 1 N–H and O–H groups in total. The van der Waals surface area contributed by atoms with E-state index in [-0.39, 0.29) is 30.3 Å². The Kier molecular flexibility index (Phi) is 4.04. The lowest BCUT2D eigenvalue weighted by Gasteiger charge is -2.42. The lowest BCUT2D eigenvalue weighted by Crippen LogP contribution is -2.46. The van der Waals surface area contributed by atoms with Crippen molar-refractivity contribution < 1.29 is 27.8 Å². The van der Waals surface area contributed by atoms with Crippen LogP contribution in [0.4, 0.5) is 13.2 Å². The summed E-state index contributed by atoms with van der Waals surface area (Å²) in [5, 5.41) is 9.91. The Morgan fingerprint density at radius 1 is 1.12 bits per heavy atom. The van der Waals surface area contributed by atoms with Crippen LogP contribution in [0.3, 0.4) is 0 Å². The van der Waals surface area contributed by atoms with E-state index in [1.165, 1.54) is 0 Å². The van der Waals surface area contributed by atoms with E-state index in [0.717, 1.165) is 32.6 Å². The van der Waals surface area contributed by atoms with Gasteiger partial charge in [0.25, 0.3) is 0 Å². The first-order chi connectivity index (χ1) is 12.0. The van der Waals surface area contributed by atoms with Crippen LogP contribution in [0.15, 0.2) is 12.2 Å². The highest BCUT2D eigenvalue weighted by atomic mass is 19.4. The molecule has 0 heterocycles. The van der Waals surface area contributed by atoms with Gasteiger partial charge in [-0.15, -0.1) is 0 Å². The first kappa shape index (κ1) is 18.3. The molecule has 4 saturated carbocycles. The summed E-state index contributed by atoms with van der Waals surface area (Å²) >= 11 is 0. The fourth-order valence-electron chi connectivity index (χ4n) is 6.91. The molecule has 0 aromatic heterocycles. The average Bonchev–Trinajstić information content (AvgIpc) is 3.22. The highest BCUT2D eigenvalue weighted by molar-refractivity contribution is 5.87. The number of rotatable bonds is 4. The topological polar surface area (TPSA) is 46.5 Å². The van der Waals surface area contributed by atoms with Gasteiger partial charge in [-0.2, -0.15) is 13.2 Å². The minimum Gasteiger partial charge on any atom is -0.459 e. The van der Waals surface area contributed by atoms with Crippen molar-refractivity contribution >= 4 is 5.97 Å². The molecule has 0 aromatic carbocycles. The SMILES string of the molecule is C=C(C)C(=O)OC1CC2CC1C1C3CC(CC(C)(O)C(F)(F)F)C(C3)C21. The maximum atomic E-state index is 13.1. The summed E-state index contributed by atoms with van der Waals surface area (Å²) in [6, 6.07) is 0. The van der Waals surface area contributed by atoms with Crippen LogP contribution in [0.2, 0.25) is 0 Å². The summed E-state index contributed by atoms with van der Waals surface area (Å²) < 4.78 is 44.9. The molecule has 4 bridgehead atoms. The number of ether oxygens (including phenoxy) is 1. The average molecular weight is 372 g/mol. The van der Waals surface area contributed by atoms with Gasteiger partial charge >= 0.3 is 12.1 Å². The molecule has 4 rings (SSSR count). The van der Waals surface area contributed by atoms with E-state index in [1.807, 2.05) is 0 Å². The largest absolute Gasteiger partial charge is 0.459 e. The Labute approximate surface area is 152 Å². The lowest BCUT2D eigenvalue weighted by atomic mass is 9.65. The van der Waals surface area contributed by atoms with E-state index in [1.54, 1.807) is 6.92 Å². The van der Waals surface area contributed by atoms with Gasteiger partial charge in [0.2, 0.25) is 0 Å². The molecule has 146 valence electrons. The van der Waals surface area contributed by atoms with Gasteiger partial charge in [-0.25, -0.2) is 4.79 Å². The zero-order valence-corrected chi connectivity index (χ0v) is 15.3. The van der Waals surface area contributed by atoms with Crippen molar-refractivity contribution in [2.24, 2.45) is 41.4 Å². The van der Waals surface area contributed by atoms with Crippen LogP contribution in [-0.4, -0.2) is 29.0 Å².